The zero-order valence-corrected chi connectivity index (χ0v) is 11.3. The minimum absolute atomic E-state index is 0. The maximum absolute atomic E-state index is 11.0. The third-order valence-electron chi connectivity index (χ3n) is 1.63. The molecule has 0 aliphatic carbocycles. The van der Waals surface area contributed by atoms with Crippen molar-refractivity contribution in [3.8, 4) is 0 Å². The molecule has 1 unspecified atom stereocenters. The summed E-state index contributed by atoms with van der Waals surface area (Å²) < 4.78 is 29.9. The zero-order chi connectivity index (χ0) is 11.9. The number of thioether (sulfide) groups is 1. The van der Waals surface area contributed by atoms with Gasteiger partial charge in [0, 0.05) is 6.04 Å². The highest BCUT2D eigenvalue weighted by Gasteiger charge is 2.17. The molecule has 0 aromatic rings. The second-order valence-electron chi connectivity index (χ2n) is 3.00. The molecule has 0 spiro atoms. The van der Waals surface area contributed by atoms with Gasteiger partial charge in [-0.25, -0.2) is 0 Å². The maximum atomic E-state index is 11.0. The number of hydrogen-bond acceptors (Lipinski definition) is 5. The third-order valence-corrected chi connectivity index (χ3v) is 3.10. The number of amides is 1. The number of rotatable bonds is 7. The van der Waals surface area contributed by atoms with E-state index in [1.807, 2.05) is 6.26 Å². The van der Waals surface area contributed by atoms with Gasteiger partial charge in [-0.1, -0.05) is 0 Å². The van der Waals surface area contributed by atoms with Crippen LogP contribution in [0, 0.1) is 0 Å². The van der Waals surface area contributed by atoms with Crippen LogP contribution in [0.2, 0.25) is 0 Å². The number of nitrogens with two attached hydrogens (primary N) is 1. The van der Waals surface area contributed by atoms with Crippen LogP contribution in [0.25, 0.3) is 0 Å². The predicted octanol–water partition coefficient (Wildman–Crippen LogP) is -0.507. The molecule has 0 rings (SSSR count). The lowest BCUT2D eigenvalue weighted by Gasteiger charge is -2.16. The van der Waals surface area contributed by atoms with Gasteiger partial charge < -0.3 is 11.1 Å². The molecule has 16 heavy (non-hydrogen) atoms. The minimum atomic E-state index is -4.07. The number of halogens is 1. The van der Waals surface area contributed by atoms with Gasteiger partial charge in [0.25, 0.3) is 10.1 Å². The van der Waals surface area contributed by atoms with E-state index < -0.39 is 27.8 Å². The Morgan fingerprint density at radius 3 is 2.50 bits per heavy atom. The molecule has 0 saturated heterocycles. The summed E-state index contributed by atoms with van der Waals surface area (Å²) in [5, 5.41) is 2.44. The molecule has 0 aliphatic rings. The molecule has 98 valence electrons. The summed E-state index contributed by atoms with van der Waals surface area (Å²) in [4.78, 5) is 11.0. The van der Waals surface area contributed by atoms with Crippen LogP contribution in [0.5, 0.6) is 0 Å². The van der Waals surface area contributed by atoms with Gasteiger partial charge in [0.15, 0.2) is 0 Å². The van der Waals surface area contributed by atoms with Crippen LogP contribution in [-0.4, -0.2) is 49.2 Å². The van der Waals surface area contributed by atoms with E-state index in [0.29, 0.717) is 12.2 Å². The Balaban J connectivity index is 0. The molecule has 0 heterocycles. The van der Waals surface area contributed by atoms with Crippen molar-refractivity contribution < 1.29 is 17.8 Å². The first kappa shape index (κ1) is 18.3. The fourth-order valence-electron chi connectivity index (χ4n) is 0.998. The Morgan fingerprint density at radius 2 is 2.12 bits per heavy atom. The highest BCUT2D eigenvalue weighted by atomic mass is 35.5. The average molecular weight is 293 g/mol. The first-order valence-corrected chi connectivity index (χ1v) is 7.33. The van der Waals surface area contributed by atoms with E-state index in [1.165, 1.54) is 11.8 Å². The summed E-state index contributed by atoms with van der Waals surface area (Å²) >= 11 is 1.53. The largest absolute Gasteiger partial charge is 0.351 e. The van der Waals surface area contributed by atoms with Crippen molar-refractivity contribution in [2.75, 3.05) is 24.3 Å². The SMILES string of the molecule is CSCCC(CS(=O)(=O)O)NC(=O)CN.Cl. The third kappa shape index (κ3) is 10.5. The van der Waals surface area contributed by atoms with Crippen molar-refractivity contribution in [3.05, 3.63) is 0 Å². The number of carbonyl (C=O) groups excluding carboxylic acids is 1. The number of hydrogen-bond donors (Lipinski definition) is 3. The highest BCUT2D eigenvalue weighted by molar-refractivity contribution is 7.98. The molecule has 0 radical (unpaired) electrons. The normalized spacial score (nSPS) is 12.7. The summed E-state index contributed by atoms with van der Waals surface area (Å²) in [5.41, 5.74) is 5.08. The van der Waals surface area contributed by atoms with Crippen LogP contribution in [0.4, 0.5) is 0 Å². The van der Waals surface area contributed by atoms with Gasteiger partial charge in [-0.15, -0.1) is 12.4 Å². The van der Waals surface area contributed by atoms with Crippen molar-refractivity contribution in [1.82, 2.24) is 5.32 Å². The quantitative estimate of drug-likeness (QED) is 0.545. The Hall–Kier alpha value is -0.0200. The Kier molecular flexibility index (Phi) is 10.4. The van der Waals surface area contributed by atoms with Crippen LogP contribution in [-0.2, 0) is 14.9 Å². The van der Waals surface area contributed by atoms with Crippen molar-refractivity contribution >= 4 is 40.2 Å². The fourth-order valence-corrected chi connectivity index (χ4v) is 2.28. The first-order valence-electron chi connectivity index (χ1n) is 4.32. The van der Waals surface area contributed by atoms with Crippen molar-refractivity contribution in [2.45, 2.75) is 12.5 Å². The van der Waals surface area contributed by atoms with Crippen molar-refractivity contribution in [2.24, 2.45) is 5.73 Å². The summed E-state index contributed by atoms with van der Waals surface area (Å²) in [6.45, 7) is -0.193. The van der Waals surface area contributed by atoms with Gasteiger partial charge in [0.05, 0.1) is 12.3 Å². The van der Waals surface area contributed by atoms with Crippen LogP contribution in [0.1, 0.15) is 6.42 Å². The average Bonchev–Trinajstić information content (AvgIpc) is 2.11. The van der Waals surface area contributed by atoms with Gasteiger partial charge >= 0.3 is 0 Å². The van der Waals surface area contributed by atoms with Crippen LogP contribution in [0.3, 0.4) is 0 Å². The fraction of sp³-hybridized carbons (Fsp3) is 0.857. The van der Waals surface area contributed by atoms with Gasteiger partial charge in [-0.3, -0.25) is 9.35 Å². The molecule has 0 fully saturated rings. The molecule has 1 atom stereocenters. The molecule has 0 aliphatic heterocycles. The Morgan fingerprint density at radius 1 is 1.56 bits per heavy atom. The lowest BCUT2D eigenvalue weighted by molar-refractivity contribution is -0.120. The highest BCUT2D eigenvalue weighted by Crippen LogP contribution is 2.03. The molecule has 0 aromatic heterocycles. The number of carbonyl (C=O) groups is 1. The predicted molar refractivity (Wildman–Crippen MR) is 67.6 cm³/mol. The van der Waals surface area contributed by atoms with E-state index in [0.717, 1.165) is 0 Å². The topological polar surface area (TPSA) is 109 Å². The van der Waals surface area contributed by atoms with E-state index in [2.05, 4.69) is 5.32 Å². The summed E-state index contributed by atoms with van der Waals surface area (Å²) in [6, 6.07) is -0.580. The van der Waals surface area contributed by atoms with Gasteiger partial charge in [0.1, 0.15) is 0 Å². The number of nitrogens with one attached hydrogen (secondary N) is 1. The molecule has 6 nitrogen and oxygen atoms in total. The Bertz CT molecular complexity index is 297. The lowest BCUT2D eigenvalue weighted by Crippen LogP contribution is -2.42. The van der Waals surface area contributed by atoms with Crippen LogP contribution in [0.15, 0.2) is 0 Å². The van der Waals surface area contributed by atoms with Crippen molar-refractivity contribution in [3.63, 3.8) is 0 Å². The summed E-state index contributed by atoms with van der Waals surface area (Å²) in [7, 11) is -4.07. The molecule has 0 aromatic carbocycles. The summed E-state index contributed by atoms with van der Waals surface area (Å²) in [5.74, 6) is -0.200. The van der Waals surface area contributed by atoms with Crippen molar-refractivity contribution in [1.29, 1.82) is 0 Å². The smallest absolute Gasteiger partial charge is 0.266 e. The van der Waals surface area contributed by atoms with Gasteiger partial charge in [-0.2, -0.15) is 20.2 Å². The van der Waals surface area contributed by atoms with E-state index in [9.17, 15) is 13.2 Å². The van der Waals surface area contributed by atoms with E-state index in [4.69, 9.17) is 10.3 Å². The second kappa shape index (κ2) is 9.06. The van der Waals surface area contributed by atoms with E-state index >= 15 is 0 Å². The summed E-state index contributed by atoms with van der Waals surface area (Å²) in [6.07, 6.45) is 2.35. The molecule has 0 bridgehead atoms. The minimum Gasteiger partial charge on any atom is -0.351 e. The molecular weight excluding hydrogens is 276 g/mol. The molecule has 1 amide bonds. The van der Waals surface area contributed by atoms with E-state index in [1.54, 1.807) is 0 Å². The molecule has 0 saturated carbocycles. The Labute approximate surface area is 106 Å². The van der Waals surface area contributed by atoms with Crippen LogP contribution >= 0.6 is 24.2 Å². The first-order chi connectivity index (χ1) is 6.89. The lowest BCUT2D eigenvalue weighted by atomic mass is 10.2. The monoisotopic (exact) mass is 292 g/mol. The zero-order valence-electron chi connectivity index (χ0n) is 8.88. The maximum Gasteiger partial charge on any atom is 0.266 e. The van der Waals surface area contributed by atoms with Crippen LogP contribution < -0.4 is 11.1 Å². The second-order valence-corrected chi connectivity index (χ2v) is 5.48. The van der Waals surface area contributed by atoms with Gasteiger partial charge in [0.2, 0.25) is 5.91 Å². The molecule has 9 heteroatoms. The molecular formula is C7H17ClN2O4S2. The van der Waals surface area contributed by atoms with E-state index in [-0.39, 0.29) is 19.0 Å². The molecule has 4 N–H and O–H groups in total. The standard InChI is InChI=1S/C7H16N2O4S2.ClH/c1-14-3-2-6(5-15(11,12)13)9-7(10)4-8;/h6H,2-5,8H2,1H3,(H,9,10)(H,11,12,13);1H. The van der Waals surface area contributed by atoms with Gasteiger partial charge in [-0.05, 0) is 18.4 Å².